The lowest BCUT2D eigenvalue weighted by molar-refractivity contribution is -0.131. The Labute approximate surface area is 191 Å². The van der Waals surface area contributed by atoms with E-state index in [0.29, 0.717) is 23.8 Å². The third-order valence-corrected chi connectivity index (χ3v) is 5.83. The van der Waals surface area contributed by atoms with Gasteiger partial charge < -0.3 is 14.5 Å². The molecule has 1 aliphatic heterocycles. The van der Waals surface area contributed by atoms with Crippen molar-refractivity contribution < 1.29 is 9.53 Å². The molecular formula is C24H25ClN4O3. The Morgan fingerprint density at radius 3 is 2.47 bits per heavy atom. The number of aromatic nitrogens is 2. The highest BCUT2D eigenvalue weighted by Gasteiger charge is 2.21. The lowest BCUT2D eigenvalue weighted by atomic mass is 10.1. The molecule has 3 aromatic rings. The summed E-state index contributed by atoms with van der Waals surface area (Å²) in [5.41, 5.74) is 2.36. The fourth-order valence-corrected chi connectivity index (χ4v) is 3.97. The smallest absolute Gasteiger partial charge is 0.266 e. The average Bonchev–Trinajstić information content (AvgIpc) is 2.83. The second-order valence-electron chi connectivity index (χ2n) is 7.61. The lowest BCUT2D eigenvalue weighted by Gasteiger charge is -2.36. The molecule has 4 rings (SSSR count). The number of nitrogens with zero attached hydrogens (tertiary/aromatic N) is 4. The van der Waals surface area contributed by atoms with Gasteiger partial charge in [-0.2, -0.15) is 5.10 Å². The molecule has 0 atom stereocenters. The van der Waals surface area contributed by atoms with E-state index in [4.69, 9.17) is 16.3 Å². The van der Waals surface area contributed by atoms with Crippen LogP contribution >= 0.6 is 11.6 Å². The van der Waals surface area contributed by atoms with Gasteiger partial charge in [-0.25, -0.2) is 4.68 Å². The summed E-state index contributed by atoms with van der Waals surface area (Å²) in [6, 6.07) is 18.4. The van der Waals surface area contributed by atoms with Gasteiger partial charge in [0.15, 0.2) is 0 Å². The van der Waals surface area contributed by atoms with Crippen LogP contribution in [-0.2, 0) is 11.3 Å². The molecule has 0 saturated carbocycles. The number of benzene rings is 2. The van der Waals surface area contributed by atoms with Crippen molar-refractivity contribution in [2.75, 3.05) is 38.2 Å². The molecule has 166 valence electrons. The van der Waals surface area contributed by atoms with Gasteiger partial charge in [-0.3, -0.25) is 9.59 Å². The molecule has 1 aliphatic rings. The number of methoxy groups -OCH3 is 1. The molecule has 0 spiro atoms. The third-order valence-electron chi connectivity index (χ3n) is 5.59. The van der Waals surface area contributed by atoms with Gasteiger partial charge in [-0.1, -0.05) is 23.7 Å². The Bertz CT molecular complexity index is 1140. The summed E-state index contributed by atoms with van der Waals surface area (Å²) in [6.45, 7) is 3.07. The van der Waals surface area contributed by atoms with Crippen molar-refractivity contribution >= 4 is 23.2 Å². The zero-order valence-corrected chi connectivity index (χ0v) is 18.7. The maximum absolute atomic E-state index is 12.7. The summed E-state index contributed by atoms with van der Waals surface area (Å²) < 4.78 is 6.56. The largest absolute Gasteiger partial charge is 0.497 e. The minimum Gasteiger partial charge on any atom is -0.497 e. The maximum atomic E-state index is 12.7. The maximum Gasteiger partial charge on any atom is 0.266 e. The molecule has 2 aromatic carbocycles. The number of halogens is 1. The molecule has 0 bridgehead atoms. The number of hydrogen-bond donors (Lipinski definition) is 0. The van der Waals surface area contributed by atoms with E-state index in [1.54, 1.807) is 25.3 Å². The zero-order valence-electron chi connectivity index (χ0n) is 17.9. The van der Waals surface area contributed by atoms with Crippen LogP contribution in [0.5, 0.6) is 5.75 Å². The second kappa shape index (κ2) is 9.87. The lowest BCUT2D eigenvalue weighted by Crippen LogP contribution is -2.49. The van der Waals surface area contributed by atoms with Crippen molar-refractivity contribution in [3.63, 3.8) is 0 Å². The van der Waals surface area contributed by atoms with E-state index in [9.17, 15) is 9.59 Å². The molecule has 0 radical (unpaired) electrons. The molecule has 1 saturated heterocycles. The first-order valence-electron chi connectivity index (χ1n) is 10.5. The number of hydrogen-bond acceptors (Lipinski definition) is 5. The average molecular weight is 453 g/mol. The first-order chi connectivity index (χ1) is 15.5. The second-order valence-corrected chi connectivity index (χ2v) is 8.04. The Balaban J connectivity index is 1.34. The van der Waals surface area contributed by atoms with Crippen molar-refractivity contribution in [1.29, 1.82) is 0 Å². The summed E-state index contributed by atoms with van der Waals surface area (Å²) in [6.07, 6.45) is 0.231. The predicted molar refractivity (Wildman–Crippen MR) is 125 cm³/mol. The van der Waals surface area contributed by atoms with Crippen LogP contribution in [0.1, 0.15) is 6.42 Å². The van der Waals surface area contributed by atoms with Crippen molar-refractivity contribution in [3.05, 3.63) is 76.0 Å². The van der Waals surface area contributed by atoms with E-state index >= 15 is 0 Å². The summed E-state index contributed by atoms with van der Waals surface area (Å²) in [5, 5.41) is 5.03. The number of carbonyl (C=O) groups excluding carboxylic acids is 1. The summed E-state index contributed by atoms with van der Waals surface area (Å²) in [5.74, 6) is 0.854. The minimum absolute atomic E-state index is 0.0289. The molecule has 0 N–H and O–H groups in total. The van der Waals surface area contributed by atoms with Crippen LogP contribution in [0.2, 0.25) is 5.02 Å². The van der Waals surface area contributed by atoms with Gasteiger partial charge >= 0.3 is 0 Å². The summed E-state index contributed by atoms with van der Waals surface area (Å²) in [7, 11) is 1.65. The van der Waals surface area contributed by atoms with E-state index in [1.807, 2.05) is 41.3 Å². The van der Waals surface area contributed by atoms with Gasteiger partial charge in [-0.15, -0.1) is 0 Å². The number of ether oxygens (including phenoxy) is 1. The highest BCUT2D eigenvalue weighted by atomic mass is 35.5. The third kappa shape index (κ3) is 5.11. The quantitative estimate of drug-likeness (QED) is 0.574. The van der Waals surface area contributed by atoms with E-state index in [2.05, 4.69) is 10.00 Å². The first-order valence-corrected chi connectivity index (χ1v) is 10.9. The Kier molecular flexibility index (Phi) is 6.75. The number of anilines is 1. The van der Waals surface area contributed by atoms with Gasteiger partial charge in [0.05, 0.1) is 19.3 Å². The van der Waals surface area contributed by atoms with E-state index in [1.165, 1.54) is 10.7 Å². The molecule has 32 heavy (non-hydrogen) atoms. The molecule has 7 nitrogen and oxygen atoms in total. The predicted octanol–water partition coefficient (Wildman–Crippen LogP) is 3.31. The molecule has 0 unspecified atom stereocenters. The van der Waals surface area contributed by atoms with Gasteiger partial charge in [-0.05, 0) is 42.5 Å². The Hall–Kier alpha value is -3.32. The van der Waals surface area contributed by atoms with Gasteiger partial charge in [0.25, 0.3) is 5.56 Å². The first kappa shape index (κ1) is 21.9. The normalized spacial score (nSPS) is 13.8. The summed E-state index contributed by atoms with van der Waals surface area (Å²) in [4.78, 5) is 29.1. The van der Waals surface area contributed by atoms with Crippen molar-refractivity contribution in [2.24, 2.45) is 0 Å². The standard InChI is InChI=1S/C24H25ClN4O3/c1-32-21-7-5-20(6-8-21)27-13-15-28(16-14-27)23(30)11-12-29-24(31)10-9-22(26-29)18-3-2-4-19(25)17-18/h2-10,17H,11-16H2,1H3. The monoisotopic (exact) mass is 452 g/mol. The van der Waals surface area contributed by atoms with E-state index in [0.717, 1.165) is 30.1 Å². The fraction of sp³-hybridized carbons (Fsp3) is 0.292. The number of carbonyl (C=O) groups is 1. The fourth-order valence-electron chi connectivity index (χ4n) is 3.78. The van der Waals surface area contributed by atoms with Crippen molar-refractivity contribution in [2.45, 2.75) is 13.0 Å². The van der Waals surface area contributed by atoms with Crippen LogP contribution in [0, 0.1) is 0 Å². The van der Waals surface area contributed by atoms with E-state index < -0.39 is 0 Å². The molecule has 8 heteroatoms. The molecular weight excluding hydrogens is 428 g/mol. The number of rotatable bonds is 6. The number of piperazine rings is 1. The molecule has 1 aromatic heterocycles. The van der Waals surface area contributed by atoms with Crippen LogP contribution < -0.4 is 15.2 Å². The summed E-state index contributed by atoms with van der Waals surface area (Å²) >= 11 is 6.06. The Morgan fingerprint density at radius 2 is 1.78 bits per heavy atom. The SMILES string of the molecule is COc1ccc(N2CCN(C(=O)CCn3nc(-c4cccc(Cl)c4)ccc3=O)CC2)cc1. The topological polar surface area (TPSA) is 67.7 Å². The van der Waals surface area contributed by atoms with E-state index in [-0.39, 0.29) is 24.4 Å². The Morgan fingerprint density at radius 1 is 1.03 bits per heavy atom. The van der Waals surface area contributed by atoms with Crippen LogP contribution in [-0.4, -0.2) is 53.9 Å². The van der Waals surface area contributed by atoms with Crippen LogP contribution in [0.15, 0.2) is 65.5 Å². The highest BCUT2D eigenvalue weighted by Crippen LogP contribution is 2.21. The number of aryl methyl sites for hydroxylation is 1. The molecule has 0 aliphatic carbocycles. The van der Waals surface area contributed by atoms with Gasteiger partial charge in [0, 0.05) is 54.9 Å². The van der Waals surface area contributed by atoms with Crippen molar-refractivity contribution in [1.82, 2.24) is 14.7 Å². The van der Waals surface area contributed by atoms with Crippen LogP contribution in [0.4, 0.5) is 5.69 Å². The van der Waals surface area contributed by atoms with Gasteiger partial charge in [0.2, 0.25) is 5.91 Å². The van der Waals surface area contributed by atoms with Crippen molar-refractivity contribution in [3.8, 4) is 17.0 Å². The van der Waals surface area contributed by atoms with Crippen LogP contribution in [0.3, 0.4) is 0 Å². The minimum atomic E-state index is -0.229. The number of amides is 1. The van der Waals surface area contributed by atoms with Crippen LogP contribution in [0.25, 0.3) is 11.3 Å². The van der Waals surface area contributed by atoms with Gasteiger partial charge in [0.1, 0.15) is 5.75 Å². The molecule has 1 amide bonds. The highest BCUT2D eigenvalue weighted by molar-refractivity contribution is 6.30. The molecule has 2 heterocycles. The molecule has 1 fully saturated rings. The zero-order chi connectivity index (χ0) is 22.5.